The SMILES string of the molecule is O=C([n+]1ccccc1)C(F)(F)F.[Cl-]. The Labute approximate surface area is 78.4 Å². The zero-order chi connectivity index (χ0) is 9.19. The van der Waals surface area contributed by atoms with Crippen molar-refractivity contribution < 1.29 is 34.9 Å². The number of rotatable bonds is 0. The third-order valence-corrected chi connectivity index (χ3v) is 1.19. The van der Waals surface area contributed by atoms with E-state index in [1.54, 1.807) is 0 Å². The summed E-state index contributed by atoms with van der Waals surface area (Å²) >= 11 is 0. The van der Waals surface area contributed by atoms with Crippen LogP contribution in [0.25, 0.3) is 0 Å². The minimum absolute atomic E-state index is 0. The van der Waals surface area contributed by atoms with E-state index in [2.05, 4.69) is 0 Å². The van der Waals surface area contributed by atoms with E-state index in [0.29, 0.717) is 4.57 Å². The Morgan fingerprint density at radius 3 is 1.92 bits per heavy atom. The average Bonchev–Trinajstić information content (AvgIpc) is 2.03. The molecule has 1 aromatic heterocycles. The van der Waals surface area contributed by atoms with Gasteiger partial charge in [0.1, 0.15) is 0 Å². The molecule has 72 valence electrons. The number of carbonyl (C=O) groups is 1. The van der Waals surface area contributed by atoms with Crippen LogP contribution in [-0.4, -0.2) is 12.1 Å². The minimum Gasteiger partial charge on any atom is -1.00 e. The van der Waals surface area contributed by atoms with Crippen LogP contribution < -0.4 is 17.0 Å². The van der Waals surface area contributed by atoms with Gasteiger partial charge in [-0.2, -0.15) is 13.2 Å². The van der Waals surface area contributed by atoms with Crippen LogP contribution in [0.2, 0.25) is 0 Å². The van der Waals surface area contributed by atoms with Crippen LogP contribution in [0.5, 0.6) is 0 Å². The van der Waals surface area contributed by atoms with Crippen molar-refractivity contribution in [3.63, 3.8) is 0 Å². The number of hydrogen-bond donors (Lipinski definition) is 0. The zero-order valence-corrected chi connectivity index (χ0v) is 7.01. The van der Waals surface area contributed by atoms with E-state index in [4.69, 9.17) is 0 Å². The molecule has 0 unspecified atom stereocenters. The molecule has 0 saturated heterocycles. The molecule has 1 aromatic rings. The molecule has 0 spiro atoms. The lowest BCUT2D eigenvalue weighted by molar-refractivity contribution is -0.586. The Balaban J connectivity index is 0.00000144. The summed E-state index contributed by atoms with van der Waals surface area (Å²) in [5, 5.41) is 0. The molecule has 6 heteroatoms. The number of carbonyl (C=O) groups excluding carboxylic acids is 1. The second-order valence-electron chi connectivity index (χ2n) is 2.09. The number of alkyl halides is 3. The molecule has 13 heavy (non-hydrogen) atoms. The molecule has 0 N–H and O–H groups in total. The molecule has 0 amide bonds. The molecular formula is C7H5ClF3NO. The van der Waals surface area contributed by atoms with Crippen molar-refractivity contribution >= 4 is 5.91 Å². The third kappa shape index (κ3) is 3.02. The molecule has 0 aromatic carbocycles. The van der Waals surface area contributed by atoms with Gasteiger partial charge in [0.25, 0.3) is 0 Å². The van der Waals surface area contributed by atoms with Gasteiger partial charge in [-0.05, 0) is 0 Å². The van der Waals surface area contributed by atoms with Gasteiger partial charge < -0.3 is 12.4 Å². The van der Waals surface area contributed by atoms with Crippen LogP contribution in [0.1, 0.15) is 4.79 Å². The molecule has 1 rings (SSSR count). The van der Waals surface area contributed by atoms with E-state index in [9.17, 15) is 18.0 Å². The first-order valence-corrected chi connectivity index (χ1v) is 3.09. The Morgan fingerprint density at radius 2 is 1.54 bits per heavy atom. The molecule has 0 saturated carbocycles. The summed E-state index contributed by atoms with van der Waals surface area (Å²) in [5.74, 6) is -1.89. The summed E-state index contributed by atoms with van der Waals surface area (Å²) in [6, 6.07) is 4.23. The number of halogens is 4. The van der Waals surface area contributed by atoms with E-state index in [0.717, 1.165) is 12.4 Å². The molecule has 0 aliphatic heterocycles. The van der Waals surface area contributed by atoms with Gasteiger partial charge in [0.05, 0.1) is 0 Å². The largest absolute Gasteiger partial charge is 1.00 e. The summed E-state index contributed by atoms with van der Waals surface area (Å²) < 4.78 is 35.8. The van der Waals surface area contributed by atoms with E-state index in [1.165, 1.54) is 18.2 Å². The predicted octanol–water partition coefficient (Wildman–Crippen LogP) is -1.82. The van der Waals surface area contributed by atoms with Crippen LogP contribution in [0.4, 0.5) is 13.2 Å². The van der Waals surface area contributed by atoms with Crippen molar-refractivity contribution in [2.75, 3.05) is 0 Å². The van der Waals surface area contributed by atoms with Crippen LogP contribution in [0.3, 0.4) is 0 Å². The third-order valence-electron chi connectivity index (χ3n) is 1.19. The van der Waals surface area contributed by atoms with Gasteiger partial charge in [-0.1, -0.05) is 6.07 Å². The number of hydrogen-bond acceptors (Lipinski definition) is 1. The molecule has 1 heterocycles. The van der Waals surface area contributed by atoms with Crippen LogP contribution >= 0.6 is 0 Å². The standard InChI is InChI=1S/C7H5F3NO.ClH/c8-7(9,10)6(12)11-4-2-1-3-5-11;/h1-5H;1H/q+1;/p-1. The van der Waals surface area contributed by atoms with Crippen molar-refractivity contribution in [2.24, 2.45) is 0 Å². The van der Waals surface area contributed by atoms with Crippen molar-refractivity contribution in [3.05, 3.63) is 30.6 Å². The van der Waals surface area contributed by atoms with Gasteiger partial charge in [-0.15, -0.1) is 4.57 Å². The second kappa shape index (κ2) is 4.23. The summed E-state index contributed by atoms with van der Waals surface area (Å²) in [6.45, 7) is 0. The summed E-state index contributed by atoms with van der Waals surface area (Å²) in [4.78, 5) is 10.5. The highest BCUT2D eigenvalue weighted by molar-refractivity contribution is 5.72. The zero-order valence-electron chi connectivity index (χ0n) is 6.25. The van der Waals surface area contributed by atoms with Crippen molar-refractivity contribution in [1.29, 1.82) is 0 Å². The summed E-state index contributed by atoms with van der Waals surface area (Å²) in [6.07, 6.45) is -2.71. The van der Waals surface area contributed by atoms with E-state index in [-0.39, 0.29) is 12.4 Å². The Kier molecular flexibility index (Phi) is 3.87. The first kappa shape index (κ1) is 11.9. The maximum atomic E-state index is 11.8. The lowest BCUT2D eigenvalue weighted by Crippen LogP contribution is -3.00. The van der Waals surface area contributed by atoms with Crippen molar-refractivity contribution in [3.8, 4) is 0 Å². The van der Waals surface area contributed by atoms with Gasteiger partial charge in [0.15, 0.2) is 12.4 Å². The van der Waals surface area contributed by atoms with Gasteiger partial charge in [0.2, 0.25) is 0 Å². The Morgan fingerprint density at radius 1 is 1.08 bits per heavy atom. The highest BCUT2D eigenvalue weighted by Crippen LogP contribution is 2.13. The molecule has 0 fully saturated rings. The average molecular weight is 212 g/mol. The maximum Gasteiger partial charge on any atom is 0.521 e. The normalized spacial score (nSPS) is 10.4. The van der Waals surface area contributed by atoms with Crippen molar-refractivity contribution in [1.82, 2.24) is 0 Å². The van der Waals surface area contributed by atoms with Gasteiger partial charge in [0, 0.05) is 12.1 Å². The summed E-state index contributed by atoms with van der Waals surface area (Å²) in [7, 11) is 0. The van der Waals surface area contributed by atoms with Crippen LogP contribution in [-0.2, 0) is 0 Å². The fraction of sp³-hybridized carbons (Fsp3) is 0.143. The fourth-order valence-electron chi connectivity index (χ4n) is 0.680. The molecule has 0 aliphatic carbocycles. The Bertz CT molecular complexity index is 286. The van der Waals surface area contributed by atoms with Crippen LogP contribution in [0.15, 0.2) is 30.6 Å². The summed E-state index contributed by atoms with van der Waals surface area (Å²) in [5.41, 5.74) is 0. The fourth-order valence-corrected chi connectivity index (χ4v) is 0.680. The minimum atomic E-state index is -4.81. The topological polar surface area (TPSA) is 20.9 Å². The van der Waals surface area contributed by atoms with E-state index >= 15 is 0 Å². The van der Waals surface area contributed by atoms with E-state index < -0.39 is 12.1 Å². The number of pyridine rings is 1. The molecule has 0 aliphatic rings. The first-order chi connectivity index (χ1) is 5.52. The maximum absolute atomic E-state index is 11.8. The molecule has 0 atom stereocenters. The van der Waals surface area contributed by atoms with E-state index in [1.807, 2.05) is 0 Å². The highest BCUT2D eigenvalue weighted by Gasteiger charge is 2.47. The molecule has 0 bridgehead atoms. The second-order valence-corrected chi connectivity index (χ2v) is 2.09. The molecule has 0 radical (unpaired) electrons. The lowest BCUT2D eigenvalue weighted by Gasteiger charge is -1.97. The van der Waals surface area contributed by atoms with Gasteiger partial charge in [-0.3, -0.25) is 0 Å². The van der Waals surface area contributed by atoms with Crippen molar-refractivity contribution in [2.45, 2.75) is 6.18 Å². The first-order valence-electron chi connectivity index (χ1n) is 3.09. The molecular weight excluding hydrogens is 207 g/mol. The molecule has 2 nitrogen and oxygen atoms in total. The quantitative estimate of drug-likeness (QED) is 0.463. The predicted molar refractivity (Wildman–Crippen MR) is 33.3 cm³/mol. The van der Waals surface area contributed by atoms with Gasteiger partial charge >= 0.3 is 12.1 Å². The number of aromatic nitrogens is 1. The monoisotopic (exact) mass is 211 g/mol. The highest BCUT2D eigenvalue weighted by atomic mass is 35.5. The van der Waals surface area contributed by atoms with Crippen LogP contribution in [0, 0.1) is 0 Å². The smallest absolute Gasteiger partial charge is 0.521 e. The lowest BCUT2D eigenvalue weighted by atomic mass is 10.4. The van der Waals surface area contributed by atoms with Gasteiger partial charge in [-0.25, -0.2) is 4.79 Å². The number of nitrogens with zero attached hydrogens (tertiary/aromatic N) is 1. The Hall–Kier alpha value is -1.10.